The first-order chi connectivity index (χ1) is 10.6. The van der Waals surface area contributed by atoms with Crippen molar-refractivity contribution in [1.29, 1.82) is 0 Å². The molecule has 0 unspecified atom stereocenters. The topological polar surface area (TPSA) is 26.8 Å². The van der Waals surface area contributed by atoms with E-state index >= 15 is 0 Å². The summed E-state index contributed by atoms with van der Waals surface area (Å²) < 4.78 is 0. The molecular weight excluding hydrogens is 274 g/mol. The van der Waals surface area contributed by atoms with Gasteiger partial charge < -0.3 is 9.80 Å². The van der Waals surface area contributed by atoms with Gasteiger partial charge in [-0.15, -0.1) is 0 Å². The molecule has 1 spiro atoms. The predicted octanol–water partition coefficient (Wildman–Crippen LogP) is 1.66. The van der Waals surface area contributed by atoms with E-state index in [1.54, 1.807) is 0 Å². The largest absolute Gasteiger partial charge is 0.340 e. The van der Waals surface area contributed by atoms with E-state index in [-0.39, 0.29) is 0 Å². The standard InChI is InChI=1S/C18H31N3O/c1-15-9-18(10-15)13-21(14-18)17(22)12-20-7-5-19(6-8-20)11-16-3-2-4-16/h15-16H,2-14H2,1H3. The summed E-state index contributed by atoms with van der Waals surface area (Å²) in [6, 6.07) is 0. The quantitative estimate of drug-likeness (QED) is 0.790. The summed E-state index contributed by atoms with van der Waals surface area (Å²) in [4.78, 5) is 19.5. The lowest BCUT2D eigenvalue weighted by Crippen LogP contribution is -2.64. The first-order valence-electron chi connectivity index (χ1n) is 9.34. The van der Waals surface area contributed by atoms with Crippen LogP contribution in [0.2, 0.25) is 0 Å². The Balaban J connectivity index is 1.15. The zero-order valence-corrected chi connectivity index (χ0v) is 14.1. The third kappa shape index (κ3) is 2.92. The van der Waals surface area contributed by atoms with Crippen LogP contribution in [0.15, 0.2) is 0 Å². The number of nitrogens with zero attached hydrogens (tertiary/aromatic N) is 3. The van der Waals surface area contributed by atoms with Gasteiger partial charge in [0.2, 0.25) is 5.91 Å². The molecule has 4 fully saturated rings. The summed E-state index contributed by atoms with van der Waals surface area (Å²) in [5, 5.41) is 0. The van der Waals surface area contributed by atoms with Gasteiger partial charge in [-0.1, -0.05) is 13.3 Å². The van der Waals surface area contributed by atoms with Crippen LogP contribution in [0.4, 0.5) is 0 Å². The first kappa shape index (κ1) is 14.9. The predicted molar refractivity (Wildman–Crippen MR) is 87.6 cm³/mol. The Kier molecular flexibility index (Phi) is 3.93. The van der Waals surface area contributed by atoms with E-state index in [0.29, 0.717) is 17.9 Å². The van der Waals surface area contributed by atoms with Crippen LogP contribution in [0, 0.1) is 17.3 Å². The molecule has 4 aliphatic rings. The SMILES string of the molecule is CC1CC2(C1)CN(C(=O)CN1CCN(CC3CCC3)CC1)C2. The molecule has 0 N–H and O–H groups in total. The number of piperazine rings is 1. The maximum Gasteiger partial charge on any atom is 0.236 e. The lowest BCUT2D eigenvalue weighted by Gasteiger charge is -2.58. The van der Waals surface area contributed by atoms with E-state index in [9.17, 15) is 4.79 Å². The van der Waals surface area contributed by atoms with Crippen molar-refractivity contribution in [3.8, 4) is 0 Å². The highest BCUT2D eigenvalue weighted by atomic mass is 16.2. The van der Waals surface area contributed by atoms with Crippen molar-refractivity contribution in [3.05, 3.63) is 0 Å². The molecule has 0 atom stereocenters. The van der Waals surface area contributed by atoms with Gasteiger partial charge in [-0.25, -0.2) is 0 Å². The molecule has 2 heterocycles. The molecule has 4 heteroatoms. The summed E-state index contributed by atoms with van der Waals surface area (Å²) in [6.07, 6.45) is 7.00. The molecule has 22 heavy (non-hydrogen) atoms. The molecule has 0 aromatic heterocycles. The average Bonchev–Trinajstić information content (AvgIpc) is 2.38. The van der Waals surface area contributed by atoms with Crippen LogP contribution in [0.3, 0.4) is 0 Å². The minimum absolute atomic E-state index is 0.373. The van der Waals surface area contributed by atoms with Gasteiger partial charge in [-0.2, -0.15) is 0 Å². The number of carbonyl (C=O) groups is 1. The van der Waals surface area contributed by atoms with Crippen molar-refractivity contribution < 1.29 is 4.79 Å². The second-order valence-electron chi connectivity index (χ2n) is 8.64. The van der Waals surface area contributed by atoms with Crippen molar-refractivity contribution in [2.45, 2.75) is 39.0 Å². The lowest BCUT2D eigenvalue weighted by atomic mass is 9.58. The van der Waals surface area contributed by atoms with Crippen molar-refractivity contribution >= 4 is 5.91 Å². The van der Waals surface area contributed by atoms with Gasteiger partial charge in [0.15, 0.2) is 0 Å². The molecule has 2 saturated carbocycles. The van der Waals surface area contributed by atoms with Gasteiger partial charge in [0, 0.05) is 51.2 Å². The Hall–Kier alpha value is -0.610. The van der Waals surface area contributed by atoms with E-state index in [1.807, 2.05) is 0 Å². The average molecular weight is 305 g/mol. The van der Waals surface area contributed by atoms with Crippen molar-refractivity contribution in [2.75, 3.05) is 52.4 Å². The fourth-order valence-corrected chi connectivity index (χ4v) is 5.08. The number of carbonyl (C=O) groups excluding carboxylic acids is 1. The Labute approximate surface area is 134 Å². The Morgan fingerprint density at radius 1 is 1.05 bits per heavy atom. The third-order valence-electron chi connectivity index (χ3n) is 6.53. The molecule has 0 bridgehead atoms. The van der Waals surface area contributed by atoms with Crippen LogP contribution in [0.1, 0.15) is 39.0 Å². The molecule has 0 aromatic carbocycles. The lowest BCUT2D eigenvalue weighted by molar-refractivity contribution is -0.155. The van der Waals surface area contributed by atoms with E-state index in [1.165, 1.54) is 38.6 Å². The van der Waals surface area contributed by atoms with Gasteiger partial charge in [0.1, 0.15) is 0 Å². The van der Waals surface area contributed by atoms with Crippen LogP contribution in [-0.4, -0.2) is 73.0 Å². The second kappa shape index (κ2) is 5.79. The Morgan fingerprint density at radius 2 is 1.68 bits per heavy atom. The monoisotopic (exact) mass is 305 g/mol. The van der Waals surface area contributed by atoms with Gasteiger partial charge in [-0.05, 0) is 37.5 Å². The highest BCUT2D eigenvalue weighted by Crippen LogP contribution is 2.51. The molecule has 2 saturated heterocycles. The van der Waals surface area contributed by atoms with Crippen LogP contribution in [-0.2, 0) is 4.79 Å². The number of likely N-dealkylation sites (tertiary alicyclic amines) is 1. The Bertz CT molecular complexity index is 412. The van der Waals surface area contributed by atoms with Gasteiger partial charge >= 0.3 is 0 Å². The summed E-state index contributed by atoms with van der Waals surface area (Å²) in [5.41, 5.74) is 0.538. The van der Waals surface area contributed by atoms with E-state index in [2.05, 4.69) is 21.6 Å². The first-order valence-corrected chi connectivity index (χ1v) is 9.34. The zero-order valence-electron chi connectivity index (χ0n) is 14.1. The van der Waals surface area contributed by atoms with Crippen LogP contribution < -0.4 is 0 Å². The summed E-state index contributed by atoms with van der Waals surface area (Å²) in [6.45, 7) is 10.8. The molecule has 2 aliphatic carbocycles. The maximum atomic E-state index is 12.4. The van der Waals surface area contributed by atoms with Crippen LogP contribution in [0.5, 0.6) is 0 Å². The minimum Gasteiger partial charge on any atom is -0.340 e. The Morgan fingerprint density at radius 3 is 2.23 bits per heavy atom. The van der Waals surface area contributed by atoms with E-state index in [4.69, 9.17) is 0 Å². The molecule has 124 valence electrons. The number of hydrogen-bond acceptors (Lipinski definition) is 3. The highest BCUT2D eigenvalue weighted by Gasteiger charge is 2.52. The van der Waals surface area contributed by atoms with E-state index in [0.717, 1.165) is 51.1 Å². The molecule has 0 radical (unpaired) electrons. The van der Waals surface area contributed by atoms with Gasteiger partial charge in [0.25, 0.3) is 0 Å². The number of amides is 1. The van der Waals surface area contributed by atoms with Crippen molar-refractivity contribution in [1.82, 2.24) is 14.7 Å². The summed E-state index contributed by atoms with van der Waals surface area (Å²) >= 11 is 0. The van der Waals surface area contributed by atoms with Crippen molar-refractivity contribution in [2.24, 2.45) is 17.3 Å². The van der Waals surface area contributed by atoms with Crippen LogP contribution in [0.25, 0.3) is 0 Å². The molecular formula is C18H31N3O. The van der Waals surface area contributed by atoms with Crippen molar-refractivity contribution in [3.63, 3.8) is 0 Å². The normalized spacial score (nSPS) is 30.0. The van der Waals surface area contributed by atoms with Gasteiger partial charge in [-0.3, -0.25) is 9.69 Å². The van der Waals surface area contributed by atoms with E-state index < -0.39 is 0 Å². The third-order valence-corrected chi connectivity index (χ3v) is 6.53. The number of rotatable bonds is 4. The summed E-state index contributed by atoms with van der Waals surface area (Å²) in [7, 11) is 0. The molecule has 0 aromatic rings. The molecule has 2 aliphatic heterocycles. The smallest absolute Gasteiger partial charge is 0.236 e. The molecule has 4 nitrogen and oxygen atoms in total. The second-order valence-corrected chi connectivity index (χ2v) is 8.64. The maximum absolute atomic E-state index is 12.4. The van der Waals surface area contributed by atoms with Crippen LogP contribution >= 0.6 is 0 Å². The van der Waals surface area contributed by atoms with Gasteiger partial charge in [0.05, 0.1) is 6.54 Å². The molecule has 4 rings (SSSR count). The number of hydrogen-bond donors (Lipinski definition) is 0. The summed E-state index contributed by atoms with van der Waals surface area (Å²) in [5.74, 6) is 2.23. The highest BCUT2D eigenvalue weighted by molar-refractivity contribution is 5.79. The minimum atomic E-state index is 0.373. The zero-order chi connectivity index (χ0) is 15.2. The fraction of sp³-hybridized carbons (Fsp3) is 0.944. The molecule has 1 amide bonds. The fourth-order valence-electron chi connectivity index (χ4n) is 5.08.